The topological polar surface area (TPSA) is 12.5 Å². The third-order valence-electron chi connectivity index (χ3n) is 4.75. The SMILES string of the molecule is c1ccc2c(c1)CO[C@H]1CCN(CC3CC3)C[C@H]21. The maximum Gasteiger partial charge on any atom is 0.0723 e. The highest BCUT2D eigenvalue weighted by atomic mass is 16.5. The van der Waals surface area contributed by atoms with Crippen molar-refractivity contribution >= 4 is 0 Å². The number of hydrogen-bond donors (Lipinski definition) is 0. The van der Waals surface area contributed by atoms with Crippen molar-refractivity contribution in [2.24, 2.45) is 5.92 Å². The summed E-state index contributed by atoms with van der Waals surface area (Å²) in [6.45, 7) is 4.59. The van der Waals surface area contributed by atoms with E-state index in [-0.39, 0.29) is 0 Å². The van der Waals surface area contributed by atoms with Gasteiger partial charge in [-0.25, -0.2) is 0 Å². The van der Waals surface area contributed by atoms with E-state index >= 15 is 0 Å². The van der Waals surface area contributed by atoms with Crippen LogP contribution >= 0.6 is 0 Å². The summed E-state index contributed by atoms with van der Waals surface area (Å²) in [7, 11) is 0. The highest BCUT2D eigenvalue weighted by Gasteiger charge is 2.36. The minimum absolute atomic E-state index is 0.468. The molecule has 2 heteroatoms. The largest absolute Gasteiger partial charge is 0.373 e. The summed E-state index contributed by atoms with van der Waals surface area (Å²) in [5.41, 5.74) is 2.96. The van der Waals surface area contributed by atoms with Crippen LogP contribution in [0.4, 0.5) is 0 Å². The van der Waals surface area contributed by atoms with E-state index in [1.165, 1.54) is 44.5 Å². The lowest BCUT2D eigenvalue weighted by atomic mass is 9.83. The fourth-order valence-corrected chi connectivity index (χ4v) is 3.55. The van der Waals surface area contributed by atoms with Crippen LogP contribution < -0.4 is 0 Å². The van der Waals surface area contributed by atoms with Crippen LogP contribution in [0.1, 0.15) is 36.3 Å². The van der Waals surface area contributed by atoms with E-state index in [0.717, 1.165) is 12.5 Å². The van der Waals surface area contributed by atoms with Crippen LogP contribution in [0.5, 0.6) is 0 Å². The summed E-state index contributed by atoms with van der Waals surface area (Å²) in [5.74, 6) is 1.61. The summed E-state index contributed by atoms with van der Waals surface area (Å²) < 4.78 is 6.05. The van der Waals surface area contributed by atoms with E-state index in [9.17, 15) is 0 Å². The van der Waals surface area contributed by atoms with E-state index in [4.69, 9.17) is 4.74 Å². The van der Waals surface area contributed by atoms with Gasteiger partial charge < -0.3 is 9.64 Å². The van der Waals surface area contributed by atoms with Crippen molar-refractivity contribution in [2.75, 3.05) is 19.6 Å². The van der Waals surface area contributed by atoms with Gasteiger partial charge in [-0.3, -0.25) is 0 Å². The Hall–Kier alpha value is -0.860. The van der Waals surface area contributed by atoms with E-state index in [1.807, 2.05) is 0 Å². The van der Waals surface area contributed by atoms with Gasteiger partial charge in [-0.15, -0.1) is 0 Å². The molecule has 96 valence electrons. The second-order valence-electron chi connectivity index (χ2n) is 6.15. The summed E-state index contributed by atoms with van der Waals surface area (Å²) in [5, 5.41) is 0. The van der Waals surface area contributed by atoms with E-state index in [1.54, 1.807) is 5.56 Å². The average Bonchev–Trinajstić information content (AvgIpc) is 3.22. The molecule has 0 amide bonds. The number of hydrogen-bond acceptors (Lipinski definition) is 2. The first-order chi connectivity index (χ1) is 8.90. The molecule has 0 N–H and O–H groups in total. The Morgan fingerprint density at radius 2 is 2.06 bits per heavy atom. The predicted molar refractivity (Wildman–Crippen MR) is 71.5 cm³/mol. The highest BCUT2D eigenvalue weighted by molar-refractivity contribution is 5.33. The van der Waals surface area contributed by atoms with Gasteiger partial charge in [0.2, 0.25) is 0 Å². The third kappa shape index (κ3) is 1.98. The molecular weight excluding hydrogens is 222 g/mol. The molecule has 1 saturated heterocycles. The summed E-state index contributed by atoms with van der Waals surface area (Å²) in [4.78, 5) is 2.67. The first-order valence-corrected chi connectivity index (χ1v) is 7.32. The molecule has 2 heterocycles. The molecule has 1 aromatic rings. The highest BCUT2D eigenvalue weighted by Crippen LogP contribution is 2.38. The number of piperidine rings is 1. The molecule has 4 rings (SSSR count). The van der Waals surface area contributed by atoms with E-state index < -0.39 is 0 Å². The number of ether oxygens (including phenoxy) is 1. The lowest BCUT2D eigenvalue weighted by molar-refractivity contribution is -0.0317. The van der Waals surface area contributed by atoms with Crippen LogP contribution in [0.15, 0.2) is 24.3 Å². The number of fused-ring (bicyclic) bond motifs is 3. The van der Waals surface area contributed by atoms with Crippen LogP contribution in [0, 0.1) is 5.92 Å². The summed E-state index contributed by atoms with van der Waals surface area (Å²) in [6.07, 6.45) is 4.59. The average molecular weight is 243 g/mol. The van der Waals surface area contributed by atoms with Crippen molar-refractivity contribution in [3.63, 3.8) is 0 Å². The molecule has 0 unspecified atom stereocenters. The Balaban J connectivity index is 1.56. The Kier molecular flexibility index (Phi) is 2.66. The fourth-order valence-electron chi connectivity index (χ4n) is 3.55. The van der Waals surface area contributed by atoms with Crippen molar-refractivity contribution in [3.8, 4) is 0 Å². The summed E-state index contributed by atoms with van der Waals surface area (Å²) >= 11 is 0. The van der Waals surface area contributed by atoms with Crippen molar-refractivity contribution in [1.29, 1.82) is 0 Å². The standard InChI is InChI=1S/C16H21NO/c1-2-4-14-13(3-1)11-18-16-7-8-17(10-15(14)16)9-12-5-6-12/h1-4,12,15-16H,5-11H2/t15-,16+/m1/s1. The molecule has 2 fully saturated rings. The Morgan fingerprint density at radius 1 is 1.17 bits per heavy atom. The minimum Gasteiger partial charge on any atom is -0.373 e. The molecule has 1 aliphatic carbocycles. The van der Waals surface area contributed by atoms with Gasteiger partial charge in [0.1, 0.15) is 0 Å². The van der Waals surface area contributed by atoms with E-state index in [2.05, 4.69) is 29.2 Å². The van der Waals surface area contributed by atoms with Crippen LogP contribution in [-0.4, -0.2) is 30.6 Å². The van der Waals surface area contributed by atoms with Gasteiger partial charge in [0.25, 0.3) is 0 Å². The molecule has 0 radical (unpaired) electrons. The number of likely N-dealkylation sites (tertiary alicyclic amines) is 1. The number of benzene rings is 1. The van der Waals surface area contributed by atoms with Gasteiger partial charge in [-0.05, 0) is 36.3 Å². The molecule has 0 aromatic heterocycles. The molecule has 0 spiro atoms. The zero-order valence-electron chi connectivity index (χ0n) is 10.8. The van der Waals surface area contributed by atoms with Crippen molar-refractivity contribution in [2.45, 2.75) is 37.9 Å². The molecule has 0 bridgehead atoms. The van der Waals surface area contributed by atoms with Gasteiger partial charge in [-0.2, -0.15) is 0 Å². The van der Waals surface area contributed by atoms with E-state index in [0.29, 0.717) is 12.0 Å². The molecule has 2 nitrogen and oxygen atoms in total. The van der Waals surface area contributed by atoms with Gasteiger partial charge in [0.05, 0.1) is 12.7 Å². The van der Waals surface area contributed by atoms with Crippen molar-refractivity contribution < 1.29 is 4.74 Å². The maximum absolute atomic E-state index is 6.05. The predicted octanol–water partition coefficient (Wildman–Crippen LogP) is 2.78. The zero-order chi connectivity index (χ0) is 11.9. The maximum atomic E-state index is 6.05. The van der Waals surface area contributed by atoms with Gasteiger partial charge in [0, 0.05) is 25.6 Å². The van der Waals surface area contributed by atoms with Gasteiger partial charge in [-0.1, -0.05) is 24.3 Å². The van der Waals surface area contributed by atoms with Crippen LogP contribution in [0.3, 0.4) is 0 Å². The molecule has 1 aromatic carbocycles. The lowest BCUT2D eigenvalue weighted by Gasteiger charge is -2.42. The molecule has 2 aliphatic heterocycles. The Bertz CT molecular complexity index is 440. The summed E-state index contributed by atoms with van der Waals surface area (Å²) in [6, 6.07) is 8.86. The quantitative estimate of drug-likeness (QED) is 0.792. The molecule has 2 atom stereocenters. The lowest BCUT2D eigenvalue weighted by Crippen LogP contribution is -2.45. The van der Waals surface area contributed by atoms with Crippen molar-refractivity contribution in [1.82, 2.24) is 4.90 Å². The second-order valence-corrected chi connectivity index (χ2v) is 6.15. The molecule has 3 aliphatic rings. The molecular formula is C16H21NO. The second kappa shape index (κ2) is 4.36. The zero-order valence-corrected chi connectivity index (χ0v) is 10.8. The van der Waals surface area contributed by atoms with Crippen LogP contribution in [0.25, 0.3) is 0 Å². The van der Waals surface area contributed by atoms with Gasteiger partial charge in [0.15, 0.2) is 0 Å². The molecule has 18 heavy (non-hydrogen) atoms. The monoisotopic (exact) mass is 243 g/mol. The molecule has 1 saturated carbocycles. The van der Waals surface area contributed by atoms with Crippen LogP contribution in [-0.2, 0) is 11.3 Å². The normalized spacial score (nSPS) is 31.8. The Morgan fingerprint density at radius 3 is 2.94 bits per heavy atom. The number of nitrogens with zero attached hydrogens (tertiary/aromatic N) is 1. The fraction of sp³-hybridized carbons (Fsp3) is 0.625. The van der Waals surface area contributed by atoms with Gasteiger partial charge >= 0.3 is 0 Å². The smallest absolute Gasteiger partial charge is 0.0723 e. The first kappa shape index (κ1) is 11.0. The third-order valence-corrected chi connectivity index (χ3v) is 4.75. The Labute approximate surface area is 109 Å². The first-order valence-electron chi connectivity index (χ1n) is 7.32. The minimum atomic E-state index is 0.468. The number of rotatable bonds is 2. The van der Waals surface area contributed by atoms with Crippen molar-refractivity contribution in [3.05, 3.63) is 35.4 Å². The van der Waals surface area contributed by atoms with Crippen LogP contribution in [0.2, 0.25) is 0 Å².